The molecule has 1 aromatic heterocycles. The first kappa shape index (κ1) is 17.2. The Bertz CT molecular complexity index is 914. The van der Waals surface area contributed by atoms with Crippen molar-refractivity contribution in [1.82, 2.24) is 14.8 Å². The first-order chi connectivity index (χ1) is 12.2. The highest BCUT2D eigenvalue weighted by molar-refractivity contribution is 7.98. The van der Waals surface area contributed by atoms with Crippen LogP contribution in [0, 0.1) is 18.3 Å². The van der Waals surface area contributed by atoms with Crippen LogP contribution in [0.5, 0.6) is 0 Å². The summed E-state index contributed by atoms with van der Waals surface area (Å²) < 4.78 is 7.28. The molecule has 0 saturated carbocycles. The van der Waals surface area contributed by atoms with Gasteiger partial charge in [-0.25, -0.2) is 0 Å². The van der Waals surface area contributed by atoms with Crippen molar-refractivity contribution < 1.29 is 4.74 Å². The molecule has 6 heteroatoms. The topological polar surface area (TPSA) is 63.7 Å². The molecular formula is C19H18N4OS. The Kier molecular flexibility index (Phi) is 5.49. The number of ether oxygens (including phenoxy) is 1. The molecule has 0 bridgehead atoms. The van der Waals surface area contributed by atoms with E-state index in [1.54, 1.807) is 24.9 Å². The van der Waals surface area contributed by atoms with Crippen LogP contribution in [0.4, 0.5) is 0 Å². The van der Waals surface area contributed by atoms with E-state index in [-0.39, 0.29) is 0 Å². The lowest BCUT2D eigenvalue weighted by atomic mass is 10.2. The van der Waals surface area contributed by atoms with Crippen LogP contribution in [0.15, 0.2) is 53.7 Å². The second-order valence-corrected chi connectivity index (χ2v) is 6.55. The van der Waals surface area contributed by atoms with E-state index >= 15 is 0 Å². The first-order valence-electron chi connectivity index (χ1n) is 7.83. The smallest absolute Gasteiger partial charge is 0.196 e. The van der Waals surface area contributed by atoms with Crippen molar-refractivity contribution in [3.05, 3.63) is 71.0 Å². The zero-order chi connectivity index (χ0) is 17.6. The van der Waals surface area contributed by atoms with Gasteiger partial charge in [-0.3, -0.25) is 4.57 Å². The molecule has 0 unspecified atom stereocenters. The van der Waals surface area contributed by atoms with Crippen LogP contribution in [0.3, 0.4) is 0 Å². The lowest BCUT2D eigenvalue weighted by Gasteiger charge is -2.10. The molecule has 3 aromatic rings. The predicted octanol–water partition coefficient (Wildman–Crippen LogP) is 3.89. The highest BCUT2D eigenvalue weighted by Crippen LogP contribution is 2.26. The molecule has 0 aliphatic rings. The Morgan fingerprint density at radius 2 is 2.00 bits per heavy atom. The number of nitrogens with zero attached hydrogens (tertiary/aromatic N) is 4. The average Bonchev–Trinajstić information content (AvgIpc) is 3.03. The summed E-state index contributed by atoms with van der Waals surface area (Å²) in [6.45, 7) is 2.45. The Morgan fingerprint density at radius 1 is 1.16 bits per heavy atom. The van der Waals surface area contributed by atoms with Gasteiger partial charge in [0.15, 0.2) is 11.0 Å². The number of rotatable bonds is 6. The quantitative estimate of drug-likeness (QED) is 0.631. The van der Waals surface area contributed by atoms with Crippen molar-refractivity contribution in [2.24, 2.45) is 0 Å². The van der Waals surface area contributed by atoms with Crippen LogP contribution in [-0.2, 0) is 17.1 Å². The molecule has 0 saturated heterocycles. The first-order valence-corrected chi connectivity index (χ1v) is 8.82. The highest BCUT2D eigenvalue weighted by Gasteiger charge is 2.14. The SMILES string of the molecule is COCc1nnc(SCc2cccc(C#N)c2)n1-c1cccc(C)c1. The Hall–Kier alpha value is -2.62. The van der Waals surface area contributed by atoms with Gasteiger partial charge >= 0.3 is 0 Å². The molecular weight excluding hydrogens is 332 g/mol. The number of methoxy groups -OCH3 is 1. The van der Waals surface area contributed by atoms with Crippen molar-refractivity contribution in [2.45, 2.75) is 24.4 Å². The molecule has 0 spiro atoms. The maximum absolute atomic E-state index is 9.03. The molecule has 126 valence electrons. The summed E-state index contributed by atoms with van der Waals surface area (Å²) in [7, 11) is 1.65. The molecule has 5 nitrogen and oxygen atoms in total. The predicted molar refractivity (Wildman–Crippen MR) is 97.5 cm³/mol. The second-order valence-electron chi connectivity index (χ2n) is 5.61. The van der Waals surface area contributed by atoms with E-state index in [1.807, 2.05) is 34.9 Å². The number of aromatic nitrogens is 3. The van der Waals surface area contributed by atoms with Crippen LogP contribution >= 0.6 is 11.8 Å². The van der Waals surface area contributed by atoms with Gasteiger partial charge in [-0.05, 0) is 42.3 Å². The maximum atomic E-state index is 9.03. The number of hydrogen-bond donors (Lipinski definition) is 0. The second kappa shape index (κ2) is 7.97. The molecule has 3 rings (SSSR count). The maximum Gasteiger partial charge on any atom is 0.196 e. The van der Waals surface area contributed by atoms with Crippen LogP contribution in [0.25, 0.3) is 5.69 Å². The molecule has 0 atom stereocenters. The van der Waals surface area contributed by atoms with Gasteiger partial charge in [-0.1, -0.05) is 36.0 Å². The van der Waals surface area contributed by atoms with Crippen LogP contribution in [0.2, 0.25) is 0 Å². The van der Waals surface area contributed by atoms with Crippen LogP contribution < -0.4 is 0 Å². The molecule has 0 aliphatic heterocycles. The summed E-state index contributed by atoms with van der Waals surface area (Å²) in [5, 5.41) is 18.4. The van der Waals surface area contributed by atoms with E-state index in [4.69, 9.17) is 10.00 Å². The summed E-state index contributed by atoms with van der Waals surface area (Å²) in [5.74, 6) is 1.48. The number of hydrogen-bond acceptors (Lipinski definition) is 5. The number of aryl methyl sites for hydroxylation is 1. The fourth-order valence-corrected chi connectivity index (χ4v) is 3.44. The summed E-state index contributed by atoms with van der Waals surface area (Å²) in [4.78, 5) is 0. The minimum Gasteiger partial charge on any atom is -0.377 e. The van der Waals surface area contributed by atoms with Gasteiger partial charge in [0.25, 0.3) is 0 Å². The molecule has 0 fully saturated rings. The number of benzene rings is 2. The molecule has 2 aromatic carbocycles. The molecule has 0 N–H and O–H groups in total. The van der Waals surface area contributed by atoms with E-state index in [0.717, 1.165) is 22.2 Å². The Balaban J connectivity index is 1.89. The summed E-state index contributed by atoms with van der Waals surface area (Å²) in [6, 6.07) is 18.0. The van der Waals surface area contributed by atoms with Crippen LogP contribution in [-0.4, -0.2) is 21.9 Å². The van der Waals surface area contributed by atoms with Gasteiger partial charge in [0.1, 0.15) is 6.61 Å². The van der Waals surface area contributed by atoms with Gasteiger partial charge in [0, 0.05) is 18.6 Å². The van der Waals surface area contributed by atoms with Gasteiger partial charge in [0.2, 0.25) is 0 Å². The number of nitriles is 1. The molecule has 25 heavy (non-hydrogen) atoms. The lowest BCUT2D eigenvalue weighted by Crippen LogP contribution is -2.04. The molecule has 0 amide bonds. The third-order valence-electron chi connectivity index (χ3n) is 3.66. The normalized spacial score (nSPS) is 10.6. The van der Waals surface area contributed by atoms with E-state index in [9.17, 15) is 0 Å². The minimum absolute atomic E-state index is 0.394. The highest BCUT2D eigenvalue weighted by atomic mass is 32.2. The Morgan fingerprint density at radius 3 is 2.76 bits per heavy atom. The van der Waals surface area contributed by atoms with E-state index in [2.05, 4.69) is 35.3 Å². The van der Waals surface area contributed by atoms with Crippen LogP contribution in [0.1, 0.15) is 22.5 Å². The lowest BCUT2D eigenvalue weighted by molar-refractivity contribution is 0.176. The molecule has 0 aliphatic carbocycles. The minimum atomic E-state index is 0.394. The average molecular weight is 350 g/mol. The largest absolute Gasteiger partial charge is 0.377 e. The van der Waals surface area contributed by atoms with Gasteiger partial charge in [-0.2, -0.15) is 5.26 Å². The Labute approximate surface area is 151 Å². The summed E-state index contributed by atoms with van der Waals surface area (Å²) in [6.07, 6.45) is 0. The van der Waals surface area contributed by atoms with Gasteiger partial charge < -0.3 is 4.74 Å². The van der Waals surface area contributed by atoms with Crippen molar-refractivity contribution >= 4 is 11.8 Å². The van der Waals surface area contributed by atoms with Gasteiger partial charge in [0.05, 0.1) is 11.6 Å². The third-order valence-corrected chi connectivity index (χ3v) is 4.66. The monoisotopic (exact) mass is 350 g/mol. The summed E-state index contributed by atoms with van der Waals surface area (Å²) >= 11 is 1.59. The molecule has 0 radical (unpaired) electrons. The van der Waals surface area contributed by atoms with Crippen molar-refractivity contribution in [3.63, 3.8) is 0 Å². The van der Waals surface area contributed by atoms with Crippen molar-refractivity contribution in [2.75, 3.05) is 7.11 Å². The summed E-state index contributed by atoms with van der Waals surface area (Å²) in [5.41, 5.74) is 3.94. The number of thioether (sulfide) groups is 1. The van der Waals surface area contributed by atoms with Gasteiger partial charge in [-0.15, -0.1) is 10.2 Å². The van der Waals surface area contributed by atoms with E-state index in [1.165, 1.54) is 5.56 Å². The fourth-order valence-electron chi connectivity index (χ4n) is 2.52. The van der Waals surface area contributed by atoms with E-state index in [0.29, 0.717) is 17.9 Å². The van der Waals surface area contributed by atoms with Crippen molar-refractivity contribution in [1.29, 1.82) is 5.26 Å². The van der Waals surface area contributed by atoms with E-state index < -0.39 is 0 Å². The third kappa shape index (κ3) is 4.08. The zero-order valence-corrected chi connectivity index (χ0v) is 15.0. The standard InChI is InChI=1S/C19H18N4OS/c1-14-5-3-8-17(9-14)23-18(12-24-2)21-22-19(23)25-13-16-7-4-6-15(10-16)11-20/h3-10H,12-13H2,1-2H3. The molecule has 1 heterocycles. The zero-order valence-electron chi connectivity index (χ0n) is 14.1. The fraction of sp³-hybridized carbons (Fsp3) is 0.211. The van der Waals surface area contributed by atoms with Crippen molar-refractivity contribution in [3.8, 4) is 11.8 Å².